The van der Waals surface area contributed by atoms with E-state index < -0.39 is 20.4 Å². The van der Waals surface area contributed by atoms with Gasteiger partial charge in [-0.2, -0.15) is 12.6 Å². The van der Waals surface area contributed by atoms with Crippen LogP contribution in [0.4, 0.5) is 3.89 Å². The van der Waals surface area contributed by atoms with E-state index in [9.17, 15) is 16.5 Å². The van der Waals surface area contributed by atoms with Crippen LogP contribution in [0.25, 0.3) is 0 Å². The number of hydrogen-bond donors (Lipinski definition) is 1. The molecule has 5 nitrogen and oxygen atoms in total. The Morgan fingerprint density at radius 1 is 0.880 bits per heavy atom. The normalized spacial score (nSPS) is 14.0. The fourth-order valence-corrected chi connectivity index (χ4v) is 4.80. The Morgan fingerprint density at radius 2 is 1.24 bits per heavy atom. The van der Waals surface area contributed by atoms with E-state index in [0.717, 1.165) is 5.56 Å². The molecule has 0 heterocycles. The highest BCUT2D eigenvalue weighted by Gasteiger charge is 2.28. The van der Waals surface area contributed by atoms with Gasteiger partial charge in [0.2, 0.25) is 0 Å². The first-order valence-corrected chi connectivity index (χ1v) is 10.2. The van der Waals surface area contributed by atoms with Crippen LogP contribution in [-0.2, 0) is 20.4 Å². The van der Waals surface area contributed by atoms with Crippen molar-refractivity contribution in [3.63, 3.8) is 0 Å². The van der Waals surface area contributed by atoms with Gasteiger partial charge in [0, 0.05) is 0 Å². The number of halogens is 1. The molecule has 1 aromatic rings. The molecule has 25 heavy (non-hydrogen) atoms. The summed E-state index contributed by atoms with van der Waals surface area (Å²) in [5.41, 5.74) is 1.92. The Hall–Kier alpha value is -0.990. The first-order chi connectivity index (χ1) is 10.3. The van der Waals surface area contributed by atoms with Crippen LogP contribution in [0.2, 0.25) is 0 Å². The summed E-state index contributed by atoms with van der Waals surface area (Å²) < 4.78 is 60.0. The molecule has 1 rings (SSSR count). The SMILES string of the molecule is C.C.CC(C)c1cc(C(C)C)c(S(=O)(=O)N=S(=O)(O)F)c(C(C)C)c1. The van der Waals surface area contributed by atoms with Crippen LogP contribution in [0.1, 0.15) is 90.8 Å². The summed E-state index contributed by atoms with van der Waals surface area (Å²) in [6, 6.07) is 3.50. The van der Waals surface area contributed by atoms with Gasteiger partial charge in [-0.05, 0) is 34.4 Å². The Kier molecular flexibility index (Phi) is 9.55. The van der Waals surface area contributed by atoms with E-state index in [-0.39, 0.29) is 37.5 Å². The average molecular weight is 398 g/mol. The number of benzene rings is 1. The van der Waals surface area contributed by atoms with E-state index in [1.807, 2.05) is 41.5 Å². The fourth-order valence-electron chi connectivity index (χ4n) is 2.35. The molecule has 0 aromatic heterocycles. The van der Waals surface area contributed by atoms with Gasteiger partial charge in [0.05, 0.1) is 4.90 Å². The summed E-state index contributed by atoms with van der Waals surface area (Å²) in [6.07, 6.45) is 0. The van der Waals surface area contributed by atoms with Crippen LogP contribution in [0.15, 0.2) is 20.8 Å². The lowest BCUT2D eigenvalue weighted by Gasteiger charge is -2.21. The molecule has 1 aromatic carbocycles. The number of rotatable bonds is 5. The summed E-state index contributed by atoms with van der Waals surface area (Å²) in [4.78, 5) is -0.161. The Morgan fingerprint density at radius 3 is 1.48 bits per heavy atom. The molecule has 0 saturated carbocycles. The second-order valence-electron chi connectivity index (χ2n) is 6.47. The Bertz CT molecular complexity index is 769. The predicted molar refractivity (Wildman–Crippen MR) is 104 cm³/mol. The highest BCUT2D eigenvalue weighted by molar-refractivity contribution is 7.98. The smallest absolute Gasteiger partial charge is 0.275 e. The van der Waals surface area contributed by atoms with Gasteiger partial charge in [-0.25, -0.2) is 0 Å². The molecular weight excluding hydrogens is 365 g/mol. The molecule has 148 valence electrons. The summed E-state index contributed by atoms with van der Waals surface area (Å²) in [6.45, 7) is 11.2. The van der Waals surface area contributed by atoms with Gasteiger partial charge >= 0.3 is 10.4 Å². The lowest BCUT2D eigenvalue weighted by Crippen LogP contribution is -2.12. The quantitative estimate of drug-likeness (QED) is 0.632. The van der Waals surface area contributed by atoms with Crippen molar-refractivity contribution in [1.29, 1.82) is 0 Å². The molecule has 1 N–H and O–H groups in total. The summed E-state index contributed by atoms with van der Waals surface area (Å²) >= 11 is 0. The molecule has 0 aliphatic carbocycles. The largest absolute Gasteiger partial charge is 0.342 e. The maximum absolute atomic E-state index is 13.0. The van der Waals surface area contributed by atoms with Crippen molar-refractivity contribution < 1.29 is 21.1 Å². The lowest BCUT2D eigenvalue weighted by atomic mass is 9.89. The van der Waals surface area contributed by atoms with Crippen molar-refractivity contribution in [2.24, 2.45) is 3.77 Å². The third-order valence-electron chi connectivity index (χ3n) is 3.53. The Balaban J connectivity index is 0. The first kappa shape index (κ1) is 26.2. The third-order valence-corrected chi connectivity index (χ3v) is 6.04. The predicted octanol–water partition coefficient (Wildman–Crippen LogP) is 5.84. The van der Waals surface area contributed by atoms with E-state index in [0.29, 0.717) is 11.1 Å². The zero-order valence-corrected chi connectivity index (χ0v) is 15.8. The monoisotopic (exact) mass is 397 g/mol. The van der Waals surface area contributed by atoms with Crippen molar-refractivity contribution in [2.45, 2.75) is 79.0 Å². The fraction of sp³-hybridized carbons (Fsp3) is 0.647. The zero-order valence-electron chi connectivity index (χ0n) is 14.2. The van der Waals surface area contributed by atoms with Crippen LogP contribution in [0.3, 0.4) is 0 Å². The number of sulfonamides is 1. The molecule has 0 aliphatic heterocycles. The maximum atomic E-state index is 13.0. The van der Waals surface area contributed by atoms with Crippen molar-refractivity contribution in [3.05, 3.63) is 28.8 Å². The van der Waals surface area contributed by atoms with Gasteiger partial charge in [-0.3, -0.25) is 4.55 Å². The maximum Gasteiger partial charge on any atom is 0.342 e. The van der Waals surface area contributed by atoms with Crippen molar-refractivity contribution in [3.8, 4) is 0 Å². The molecule has 0 fully saturated rings. The molecule has 1 atom stereocenters. The number of hydrogen-bond acceptors (Lipinski definition) is 3. The second-order valence-corrected chi connectivity index (χ2v) is 9.29. The summed E-state index contributed by atoms with van der Waals surface area (Å²) in [5, 5.41) is 0. The minimum absolute atomic E-state index is 0. The van der Waals surface area contributed by atoms with Crippen molar-refractivity contribution >= 4 is 20.4 Å². The first-order valence-electron chi connectivity index (χ1n) is 7.39. The van der Waals surface area contributed by atoms with Gasteiger partial charge in [0.15, 0.2) is 0 Å². The molecule has 0 bridgehead atoms. The topological polar surface area (TPSA) is 83.8 Å². The standard InChI is InChI=1S/C15H24FNO4S2.2CH4/c1-9(2)12-7-13(10(3)4)15(14(8-12)11(5)6)22(18,19)17-23(16,20)21;;/h7-11H,1-6H3,(H,17,20,21);2*1H4. The van der Waals surface area contributed by atoms with E-state index in [1.54, 1.807) is 12.1 Å². The van der Waals surface area contributed by atoms with Crippen molar-refractivity contribution in [1.82, 2.24) is 0 Å². The second kappa shape index (κ2) is 9.09. The van der Waals surface area contributed by atoms with Gasteiger partial charge in [-0.1, -0.05) is 76.2 Å². The molecule has 0 saturated heterocycles. The average Bonchev–Trinajstić information content (AvgIpc) is 2.33. The van der Waals surface area contributed by atoms with Crippen LogP contribution in [-0.4, -0.2) is 17.2 Å². The zero-order chi connectivity index (χ0) is 18.2. The van der Waals surface area contributed by atoms with Gasteiger partial charge in [0.1, 0.15) is 0 Å². The van der Waals surface area contributed by atoms with Gasteiger partial charge in [-0.15, -0.1) is 0 Å². The van der Waals surface area contributed by atoms with Crippen LogP contribution < -0.4 is 0 Å². The molecule has 1 unspecified atom stereocenters. The van der Waals surface area contributed by atoms with Gasteiger partial charge in [0.25, 0.3) is 10.0 Å². The highest BCUT2D eigenvalue weighted by atomic mass is 32.3. The minimum Gasteiger partial charge on any atom is -0.275 e. The molecule has 8 heteroatoms. The minimum atomic E-state index is -5.25. The number of nitrogens with zero attached hydrogens (tertiary/aromatic N) is 1. The van der Waals surface area contributed by atoms with E-state index in [1.165, 1.54) is 0 Å². The Labute approximate surface area is 153 Å². The molecule has 0 amide bonds. The highest BCUT2D eigenvalue weighted by Crippen LogP contribution is 2.36. The summed E-state index contributed by atoms with van der Waals surface area (Å²) in [7, 11) is -9.84. The third kappa shape index (κ3) is 6.67. The lowest BCUT2D eigenvalue weighted by molar-refractivity contribution is 0.503. The van der Waals surface area contributed by atoms with Crippen LogP contribution in [0, 0.1) is 0 Å². The molecule has 0 radical (unpaired) electrons. The van der Waals surface area contributed by atoms with Crippen molar-refractivity contribution in [2.75, 3.05) is 0 Å². The van der Waals surface area contributed by atoms with Crippen LogP contribution in [0.5, 0.6) is 0 Å². The van der Waals surface area contributed by atoms with E-state index in [2.05, 4.69) is 3.77 Å². The molecular formula is C17H32FNO4S2. The van der Waals surface area contributed by atoms with E-state index in [4.69, 9.17) is 4.55 Å². The molecule has 0 aliphatic rings. The molecule has 0 spiro atoms. The summed E-state index contributed by atoms with van der Waals surface area (Å²) in [5.74, 6) is -0.150. The van der Waals surface area contributed by atoms with E-state index >= 15 is 0 Å². The van der Waals surface area contributed by atoms with Gasteiger partial charge < -0.3 is 0 Å². The van der Waals surface area contributed by atoms with Crippen LogP contribution >= 0.6 is 0 Å².